The molecule has 0 bridgehead atoms. The van der Waals surface area contributed by atoms with Crippen LogP contribution < -0.4 is 5.32 Å². The van der Waals surface area contributed by atoms with Crippen LogP contribution in [0.1, 0.15) is 32.6 Å². The van der Waals surface area contributed by atoms with Crippen LogP contribution in [0.3, 0.4) is 0 Å². The SMILES string of the molecule is CCNC1CCOCC1CN1CCC2C(CCCN2C)C1. The Morgan fingerprint density at radius 1 is 1.19 bits per heavy atom. The molecule has 4 nitrogen and oxygen atoms in total. The highest BCUT2D eigenvalue weighted by atomic mass is 16.5. The largest absolute Gasteiger partial charge is 0.381 e. The number of likely N-dealkylation sites (tertiary alicyclic amines) is 2. The third-order valence-corrected chi connectivity index (χ3v) is 5.86. The van der Waals surface area contributed by atoms with Crippen LogP contribution in [-0.2, 0) is 4.74 Å². The van der Waals surface area contributed by atoms with Gasteiger partial charge < -0.3 is 19.9 Å². The molecule has 0 aromatic carbocycles. The van der Waals surface area contributed by atoms with Gasteiger partial charge in [0.1, 0.15) is 0 Å². The number of piperidine rings is 2. The molecule has 0 radical (unpaired) electrons. The van der Waals surface area contributed by atoms with Crippen LogP contribution in [0.5, 0.6) is 0 Å². The Hall–Kier alpha value is -0.160. The minimum Gasteiger partial charge on any atom is -0.381 e. The molecule has 0 saturated carbocycles. The number of hydrogen-bond donors (Lipinski definition) is 1. The molecular formula is C17H33N3O. The zero-order valence-corrected chi connectivity index (χ0v) is 13.9. The Morgan fingerprint density at radius 3 is 2.95 bits per heavy atom. The number of ether oxygens (including phenoxy) is 1. The van der Waals surface area contributed by atoms with E-state index in [9.17, 15) is 0 Å². The monoisotopic (exact) mass is 295 g/mol. The fourth-order valence-electron chi connectivity index (χ4n) is 4.73. The van der Waals surface area contributed by atoms with E-state index in [0.717, 1.165) is 31.7 Å². The van der Waals surface area contributed by atoms with Crippen molar-refractivity contribution >= 4 is 0 Å². The fraction of sp³-hybridized carbons (Fsp3) is 1.00. The molecule has 0 aromatic heterocycles. The van der Waals surface area contributed by atoms with Crippen molar-refractivity contribution in [2.75, 3.05) is 53.0 Å². The summed E-state index contributed by atoms with van der Waals surface area (Å²) in [6.45, 7) is 10.3. The van der Waals surface area contributed by atoms with Crippen LogP contribution >= 0.6 is 0 Å². The molecule has 3 aliphatic heterocycles. The molecule has 122 valence electrons. The number of nitrogens with one attached hydrogen (secondary N) is 1. The van der Waals surface area contributed by atoms with Crippen molar-refractivity contribution in [1.29, 1.82) is 0 Å². The summed E-state index contributed by atoms with van der Waals surface area (Å²) in [5, 5.41) is 3.67. The van der Waals surface area contributed by atoms with Gasteiger partial charge in [-0.3, -0.25) is 0 Å². The fourth-order valence-corrected chi connectivity index (χ4v) is 4.73. The summed E-state index contributed by atoms with van der Waals surface area (Å²) in [5.74, 6) is 1.58. The van der Waals surface area contributed by atoms with Gasteiger partial charge in [0.2, 0.25) is 0 Å². The number of rotatable bonds is 4. The quantitative estimate of drug-likeness (QED) is 0.849. The van der Waals surface area contributed by atoms with Gasteiger partial charge in [-0.05, 0) is 58.3 Å². The highest BCUT2D eigenvalue weighted by Gasteiger charge is 2.36. The average molecular weight is 295 g/mol. The van der Waals surface area contributed by atoms with E-state index in [-0.39, 0.29) is 0 Å². The molecule has 21 heavy (non-hydrogen) atoms. The first-order chi connectivity index (χ1) is 10.3. The zero-order chi connectivity index (χ0) is 14.7. The summed E-state index contributed by atoms with van der Waals surface area (Å²) in [7, 11) is 2.32. The van der Waals surface area contributed by atoms with E-state index in [1.165, 1.54) is 51.9 Å². The Balaban J connectivity index is 1.53. The second-order valence-corrected chi connectivity index (χ2v) is 7.29. The normalized spacial score (nSPS) is 39.1. The Bertz CT molecular complexity index is 323. The molecule has 4 heteroatoms. The molecule has 0 aliphatic carbocycles. The molecule has 0 spiro atoms. The molecule has 1 N–H and O–H groups in total. The Kier molecular flexibility index (Phi) is 5.54. The van der Waals surface area contributed by atoms with E-state index in [2.05, 4.69) is 29.1 Å². The van der Waals surface area contributed by atoms with E-state index >= 15 is 0 Å². The van der Waals surface area contributed by atoms with Gasteiger partial charge in [0.05, 0.1) is 6.61 Å². The Morgan fingerprint density at radius 2 is 2.10 bits per heavy atom. The van der Waals surface area contributed by atoms with Crippen molar-refractivity contribution in [3.63, 3.8) is 0 Å². The van der Waals surface area contributed by atoms with Crippen LogP contribution in [0.25, 0.3) is 0 Å². The highest BCUT2D eigenvalue weighted by molar-refractivity contribution is 4.91. The lowest BCUT2D eigenvalue weighted by atomic mass is 9.83. The van der Waals surface area contributed by atoms with Crippen molar-refractivity contribution in [3.8, 4) is 0 Å². The highest BCUT2D eigenvalue weighted by Crippen LogP contribution is 2.30. The average Bonchev–Trinajstić information content (AvgIpc) is 2.50. The maximum atomic E-state index is 5.75. The minimum atomic E-state index is 0.663. The first-order valence-corrected chi connectivity index (χ1v) is 9.01. The predicted octanol–water partition coefficient (Wildman–Crippen LogP) is 1.42. The minimum absolute atomic E-state index is 0.663. The standard InChI is InChI=1S/C17H33N3O/c1-3-18-16-7-10-21-13-15(16)12-20-9-6-17-14(11-20)5-4-8-19(17)2/h14-18H,3-13H2,1-2H3. The Labute approximate surface area is 130 Å². The van der Waals surface area contributed by atoms with Gasteiger partial charge in [0.25, 0.3) is 0 Å². The van der Waals surface area contributed by atoms with Crippen molar-refractivity contribution in [2.24, 2.45) is 11.8 Å². The molecule has 3 aliphatic rings. The lowest BCUT2D eigenvalue weighted by Gasteiger charge is -2.47. The lowest BCUT2D eigenvalue weighted by molar-refractivity contribution is -0.00754. The summed E-state index contributed by atoms with van der Waals surface area (Å²) < 4.78 is 5.75. The van der Waals surface area contributed by atoms with Crippen molar-refractivity contribution in [2.45, 2.75) is 44.7 Å². The predicted molar refractivity (Wildman–Crippen MR) is 86.6 cm³/mol. The molecule has 0 amide bonds. The summed E-state index contributed by atoms with van der Waals surface area (Å²) in [4.78, 5) is 5.33. The molecule has 3 rings (SSSR count). The molecule has 4 unspecified atom stereocenters. The van der Waals surface area contributed by atoms with E-state index in [1.54, 1.807) is 0 Å². The van der Waals surface area contributed by atoms with Gasteiger partial charge in [-0.2, -0.15) is 0 Å². The molecule has 3 saturated heterocycles. The van der Waals surface area contributed by atoms with Crippen molar-refractivity contribution in [1.82, 2.24) is 15.1 Å². The van der Waals surface area contributed by atoms with Gasteiger partial charge in [-0.1, -0.05) is 6.92 Å². The van der Waals surface area contributed by atoms with Gasteiger partial charge in [0, 0.05) is 37.7 Å². The lowest BCUT2D eigenvalue weighted by Crippen LogP contribution is -2.55. The van der Waals surface area contributed by atoms with E-state index in [4.69, 9.17) is 4.74 Å². The summed E-state index contributed by atoms with van der Waals surface area (Å²) in [6.07, 6.45) is 5.36. The molecule has 0 aromatic rings. The van der Waals surface area contributed by atoms with Crippen LogP contribution in [0, 0.1) is 11.8 Å². The van der Waals surface area contributed by atoms with Gasteiger partial charge in [-0.15, -0.1) is 0 Å². The second-order valence-electron chi connectivity index (χ2n) is 7.29. The van der Waals surface area contributed by atoms with Crippen molar-refractivity contribution in [3.05, 3.63) is 0 Å². The first-order valence-electron chi connectivity index (χ1n) is 9.01. The maximum Gasteiger partial charge on any atom is 0.0521 e. The topological polar surface area (TPSA) is 27.7 Å². The number of hydrogen-bond acceptors (Lipinski definition) is 4. The molecule has 4 atom stereocenters. The third kappa shape index (κ3) is 3.79. The third-order valence-electron chi connectivity index (χ3n) is 5.86. The summed E-state index contributed by atoms with van der Waals surface area (Å²) >= 11 is 0. The molecule has 3 fully saturated rings. The number of fused-ring (bicyclic) bond motifs is 1. The molecular weight excluding hydrogens is 262 g/mol. The van der Waals surface area contributed by atoms with Crippen LogP contribution in [0.2, 0.25) is 0 Å². The van der Waals surface area contributed by atoms with E-state index in [1.807, 2.05) is 0 Å². The zero-order valence-electron chi connectivity index (χ0n) is 13.9. The summed E-state index contributed by atoms with van der Waals surface area (Å²) in [6, 6.07) is 1.51. The smallest absolute Gasteiger partial charge is 0.0521 e. The van der Waals surface area contributed by atoms with Gasteiger partial charge in [0.15, 0.2) is 0 Å². The first kappa shape index (κ1) is 15.7. The van der Waals surface area contributed by atoms with Crippen LogP contribution in [0.4, 0.5) is 0 Å². The van der Waals surface area contributed by atoms with Crippen molar-refractivity contribution < 1.29 is 4.74 Å². The maximum absolute atomic E-state index is 5.75. The van der Waals surface area contributed by atoms with Crippen LogP contribution in [0.15, 0.2) is 0 Å². The van der Waals surface area contributed by atoms with E-state index in [0.29, 0.717) is 12.0 Å². The van der Waals surface area contributed by atoms with Gasteiger partial charge in [-0.25, -0.2) is 0 Å². The summed E-state index contributed by atoms with van der Waals surface area (Å²) in [5.41, 5.74) is 0. The van der Waals surface area contributed by atoms with Crippen LogP contribution in [-0.4, -0.2) is 74.9 Å². The molecule has 3 heterocycles. The van der Waals surface area contributed by atoms with E-state index < -0.39 is 0 Å². The second kappa shape index (κ2) is 7.40. The van der Waals surface area contributed by atoms with Gasteiger partial charge >= 0.3 is 0 Å². The number of nitrogens with zero attached hydrogens (tertiary/aromatic N) is 2.